The molecule has 0 aliphatic carbocycles. The lowest BCUT2D eigenvalue weighted by molar-refractivity contribution is -0.139. The van der Waals surface area contributed by atoms with Crippen molar-refractivity contribution in [3.63, 3.8) is 0 Å². The summed E-state index contributed by atoms with van der Waals surface area (Å²) in [5, 5.41) is 14.5. The van der Waals surface area contributed by atoms with Crippen LogP contribution in [0, 0.1) is 0 Å². The number of benzene rings is 1. The number of rotatable bonds is 2. The molecule has 0 bridgehead atoms. The smallest absolute Gasteiger partial charge is 0.416 e. The van der Waals surface area contributed by atoms with Crippen molar-refractivity contribution >= 4 is 23.3 Å². The van der Waals surface area contributed by atoms with Crippen molar-refractivity contribution < 1.29 is 23.1 Å². The molecule has 1 unspecified atom stereocenters. The lowest BCUT2D eigenvalue weighted by Crippen LogP contribution is -2.45. The Kier molecular flexibility index (Phi) is 3.91. The molecule has 1 heterocycles. The highest BCUT2D eigenvalue weighted by Crippen LogP contribution is 2.37. The molecule has 1 aromatic carbocycles. The normalized spacial score (nSPS) is 19.0. The molecule has 8 heteroatoms. The van der Waals surface area contributed by atoms with E-state index in [0.717, 1.165) is 6.07 Å². The van der Waals surface area contributed by atoms with Crippen molar-refractivity contribution in [3.05, 3.63) is 46.7 Å². The van der Waals surface area contributed by atoms with E-state index >= 15 is 0 Å². The van der Waals surface area contributed by atoms with Gasteiger partial charge >= 0.3 is 12.1 Å². The number of carboxylic acids is 1. The van der Waals surface area contributed by atoms with Gasteiger partial charge in [-0.1, -0.05) is 18.2 Å². The van der Waals surface area contributed by atoms with E-state index in [4.69, 9.17) is 12.2 Å². The predicted molar refractivity (Wildman–Crippen MR) is 73.4 cm³/mol. The van der Waals surface area contributed by atoms with Gasteiger partial charge in [-0.2, -0.15) is 13.2 Å². The largest absolute Gasteiger partial charge is 0.478 e. The van der Waals surface area contributed by atoms with Crippen LogP contribution in [0.4, 0.5) is 13.2 Å². The lowest BCUT2D eigenvalue weighted by Gasteiger charge is -2.30. The molecule has 2 rings (SSSR count). The van der Waals surface area contributed by atoms with Gasteiger partial charge in [-0.15, -0.1) is 0 Å². The first-order chi connectivity index (χ1) is 9.71. The third-order valence-electron chi connectivity index (χ3n) is 3.08. The second-order valence-electron chi connectivity index (χ2n) is 4.46. The molecular formula is C13H11F3N2O2S. The molecule has 0 radical (unpaired) electrons. The van der Waals surface area contributed by atoms with Crippen molar-refractivity contribution in [3.8, 4) is 0 Å². The van der Waals surface area contributed by atoms with Gasteiger partial charge in [0.15, 0.2) is 5.11 Å². The number of alkyl halides is 3. The van der Waals surface area contributed by atoms with Crippen LogP contribution < -0.4 is 10.6 Å². The molecule has 1 aliphatic heterocycles. The summed E-state index contributed by atoms with van der Waals surface area (Å²) in [7, 11) is 0. The minimum absolute atomic E-state index is 0.0828. The summed E-state index contributed by atoms with van der Waals surface area (Å²) in [6, 6.07) is 3.67. The number of allylic oxidation sites excluding steroid dienone is 1. The Morgan fingerprint density at radius 3 is 2.52 bits per heavy atom. The Bertz CT molecular complexity index is 641. The van der Waals surface area contributed by atoms with E-state index in [-0.39, 0.29) is 21.9 Å². The fraction of sp³-hybridized carbons (Fsp3) is 0.231. The van der Waals surface area contributed by atoms with Crippen LogP contribution >= 0.6 is 12.2 Å². The summed E-state index contributed by atoms with van der Waals surface area (Å²) in [5.41, 5.74) is -1.04. The van der Waals surface area contributed by atoms with Crippen molar-refractivity contribution in [2.24, 2.45) is 0 Å². The number of halogens is 3. The minimum atomic E-state index is -4.58. The summed E-state index contributed by atoms with van der Waals surface area (Å²) in [6.45, 7) is 1.46. The zero-order chi connectivity index (χ0) is 15.8. The Morgan fingerprint density at radius 1 is 1.33 bits per heavy atom. The molecule has 0 spiro atoms. The fourth-order valence-electron chi connectivity index (χ4n) is 2.22. The zero-order valence-electron chi connectivity index (χ0n) is 10.8. The summed E-state index contributed by atoms with van der Waals surface area (Å²) in [5.74, 6) is -1.31. The fourth-order valence-corrected chi connectivity index (χ4v) is 2.49. The maximum Gasteiger partial charge on any atom is 0.416 e. The van der Waals surface area contributed by atoms with Crippen molar-refractivity contribution in [1.82, 2.24) is 10.6 Å². The molecule has 1 aromatic rings. The highest BCUT2D eigenvalue weighted by Gasteiger charge is 2.38. The molecule has 1 aliphatic rings. The van der Waals surface area contributed by atoms with E-state index < -0.39 is 23.8 Å². The molecular weight excluding hydrogens is 305 g/mol. The van der Waals surface area contributed by atoms with Gasteiger partial charge in [-0.05, 0) is 30.8 Å². The molecule has 0 fully saturated rings. The van der Waals surface area contributed by atoms with Gasteiger partial charge < -0.3 is 15.7 Å². The molecule has 0 amide bonds. The highest BCUT2D eigenvalue weighted by molar-refractivity contribution is 7.80. The van der Waals surface area contributed by atoms with Crippen LogP contribution in [0.3, 0.4) is 0 Å². The number of hydrogen-bond donors (Lipinski definition) is 3. The molecule has 1 atom stereocenters. The molecule has 112 valence electrons. The number of thiocarbonyl (C=S) groups is 1. The van der Waals surface area contributed by atoms with Gasteiger partial charge in [0.05, 0.1) is 17.2 Å². The molecule has 0 saturated heterocycles. The average Bonchev–Trinajstić information content (AvgIpc) is 2.36. The van der Waals surface area contributed by atoms with E-state index in [2.05, 4.69) is 10.6 Å². The second-order valence-corrected chi connectivity index (χ2v) is 4.87. The number of carboxylic acid groups (broad SMARTS) is 1. The molecule has 21 heavy (non-hydrogen) atoms. The van der Waals surface area contributed by atoms with Crippen LogP contribution in [-0.2, 0) is 11.0 Å². The number of hydrogen-bond acceptors (Lipinski definition) is 2. The predicted octanol–water partition coefficient (Wildman–Crippen LogP) is 2.58. The first-order valence-corrected chi connectivity index (χ1v) is 6.30. The van der Waals surface area contributed by atoms with Gasteiger partial charge in [0.25, 0.3) is 0 Å². The van der Waals surface area contributed by atoms with E-state index in [9.17, 15) is 23.1 Å². The molecule has 0 saturated carbocycles. The lowest BCUT2D eigenvalue weighted by atomic mass is 9.92. The monoisotopic (exact) mass is 316 g/mol. The van der Waals surface area contributed by atoms with Crippen molar-refractivity contribution in [2.45, 2.75) is 19.1 Å². The highest BCUT2D eigenvalue weighted by atomic mass is 32.1. The van der Waals surface area contributed by atoms with Gasteiger partial charge in [0.1, 0.15) is 0 Å². The third-order valence-corrected chi connectivity index (χ3v) is 3.30. The minimum Gasteiger partial charge on any atom is -0.478 e. The van der Waals surface area contributed by atoms with E-state index in [1.807, 2.05) is 0 Å². The van der Waals surface area contributed by atoms with Gasteiger partial charge in [0, 0.05) is 5.70 Å². The number of aliphatic carboxylic acids is 1. The van der Waals surface area contributed by atoms with Gasteiger partial charge in [0.2, 0.25) is 0 Å². The Hall–Kier alpha value is -2.09. The zero-order valence-corrected chi connectivity index (χ0v) is 11.6. The van der Waals surface area contributed by atoms with Crippen LogP contribution in [0.15, 0.2) is 35.5 Å². The maximum atomic E-state index is 13.1. The Labute approximate surface area is 123 Å². The molecule has 0 aromatic heterocycles. The van der Waals surface area contributed by atoms with Gasteiger partial charge in [-0.3, -0.25) is 0 Å². The van der Waals surface area contributed by atoms with Crippen LogP contribution in [0.1, 0.15) is 24.1 Å². The van der Waals surface area contributed by atoms with E-state index in [1.165, 1.54) is 25.1 Å². The average molecular weight is 316 g/mol. The Morgan fingerprint density at radius 2 is 1.95 bits per heavy atom. The van der Waals surface area contributed by atoms with Gasteiger partial charge in [-0.25, -0.2) is 4.79 Å². The SMILES string of the molecule is CC1=C(C(=O)O)C(c2ccccc2C(F)(F)F)NC(=S)N1. The summed E-state index contributed by atoms with van der Waals surface area (Å²) >= 11 is 4.91. The summed E-state index contributed by atoms with van der Waals surface area (Å²) in [4.78, 5) is 11.4. The second kappa shape index (κ2) is 5.36. The summed E-state index contributed by atoms with van der Waals surface area (Å²) in [6.07, 6.45) is -4.58. The van der Waals surface area contributed by atoms with Crippen LogP contribution in [0.2, 0.25) is 0 Å². The van der Waals surface area contributed by atoms with Crippen LogP contribution in [-0.4, -0.2) is 16.2 Å². The first kappa shape index (κ1) is 15.3. The standard InChI is InChI=1S/C13H11F3N2O2S/c1-6-9(11(19)20)10(18-12(21)17-6)7-4-2-3-5-8(7)13(14,15)16/h2-5,10H,1H3,(H,19,20)(H2,17,18,21). The van der Waals surface area contributed by atoms with E-state index in [1.54, 1.807) is 0 Å². The quantitative estimate of drug-likeness (QED) is 0.732. The number of nitrogens with one attached hydrogen (secondary N) is 2. The third kappa shape index (κ3) is 2.99. The van der Waals surface area contributed by atoms with Crippen molar-refractivity contribution in [1.29, 1.82) is 0 Å². The first-order valence-electron chi connectivity index (χ1n) is 5.89. The van der Waals surface area contributed by atoms with Crippen LogP contribution in [0.25, 0.3) is 0 Å². The molecule has 3 N–H and O–H groups in total. The van der Waals surface area contributed by atoms with Crippen molar-refractivity contribution in [2.75, 3.05) is 0 Å². The van der Waals surface area contributed by atoms with E-state index in [0.29, 0.717) is 0 Å². The Balaban J connectivity index is 2.62. The topological polar surface area (TPSA) is 61.4 Å². The number of carbonyl (C=O) groups is 1. The summed E-state index contributed by atoms with van der Waals surface area (Å²) < 4.78 is 39.3. The van der Waals surface area contributed by atoms with Crippen LogP contribution in [0.5, 0.6) is 0 Å². The maximum absolute atomic E-state index is 13.1. The molecule has 4 nitrogen and oxygen atoms in total.